The van der Waals surface area contributed by atoms with E-state index in [9.17, 15) is 9.90 Å². The second-order valence-corrected chi connectivity index (χ2v) is 4.23. The maximum atomic E-state index is 10.7. The second-order valence-electron chi connectivity index (χ2n) is 3.47. The first kappa shape index (κ1) is 14.7. The summed E-state index contributed by atoms with van der Waals surface area (Å²) in [5.74, 6) is -1.44. The lowest BCUT2D eigenvalue weighted by Crippen LogP contribution is -2.74. The molecule has 6 heteroatoms. The lowest BCUT2D eigenvalue weighted by atomic mass is 10.2. The quantitative estimate of drug-likeness (QED) is 0.840. The smallest absolute Gasteiger partial charge is 0.107 e. The van der Waals surface area contributed by atoms with Crippen molar-refractivity contribution in [2.45, 2.75) is 0 Å². The van der Waals surface area contributed by atoms with Gasteiger partial charge < -0.3 is 15.2 Å². The Hall–Kier alpha value is -1.36. The van der Waals surface area contributed by atoms with E-state index in [4.69, 9.17) is 23.2 Å². The third-order valence-corrected chi connectivity index (χ3v) is 2.82. The molecule has 96 valence electrons. The van der Waals surface area contributed by atoms with Crippen molar-refractivity contribution in [2.75, 3.05) is 14.1 Å². The van der Waals surface area contributed by atoms with Gasteiger partial charge in [0.25, 0.3) is 0 Å². The van der Waals surface area contributed by atoms with Crippen LogP contribution in [-0.4, -0.2) is 25.0 Å². The fraction of sp³-hybridized carbons (Fsp3) is 0.167. The number of nitrogens with two attached hydrogens (primary N) is 1. The summed E-state index contributed by atoms with van der Waals surface area (Å²) in [4.78, 5) is 14.6. The molecule has 0 fully saturated rings. The third kappa shape index (κ3) is 3.10. The van der Waals surface area contributed by atoms with Gasteiger partial charge >= 0.3 is 0 Å². The van der Waals surface area contributed by atoms with Crippen molar-refractivity contribution in [3.63, 3.8) is 0 Å². The third-order valence-electron chi connectivity index (χ3n) is 1.97. The molecule has 4 nitrogen and oxygen atoms in total. The van der Waals surface area contributed by atoms with Gasteiger partial charge in [0.05, 0.1) is 35.6 Å². The van der Waals surface area contributed by atoms with Gasteiger partial charge in [-0.3, -0.25) is 0 Å². The monoisotopic (exact) mass is 286 g/mol. The lowest BCUT2D eigenvalue weighted by Gasteiger charge is -2.08. The van der Waals surface area contributed by atoms with Crippen LogP contribution in [0.3, 0.4) is 0 Å². The number of carbonyl (C=O) groups is 1. The van der Waals surface area contributed by atoms with Crippen molar-refractivity contribution in [1.82, 2.24) is 4.98 Å². The van der Waals surface area contributed by atoms with Crippen molar-refractivity contribution >= 4 is 40.1 Å². The van der Waals surface area contributed by atoms with Gasteiger partial charge in [0.2, 0.25) is 0 Å². The van der Waals surface area contributed by atoms with Crippen LogP contribution in [-0.2, 0) is 0 Å². The predicted octanol–water partition coefficient (Wildman–Crippen LogP) is 0.715. The molecular formula is C12H12Cl2N2O2. The lowest BCUT2D eigenvalue weighted by molar-refractivity contribution is -0.597. The molecule has 18 heavy (non-hydrogen) atoms. The van der Waals surface area contributed by atoms with Crippen LogP contribution in [0.5, 0.6) is 0 Å². The molecule has 1 aromatic heterocycles. The van der Waals surface area contributed by atoms with Crippen molar-refractivity contribution in [3.8, 4) is 0 Å². The van der Waals surface area contributed by atoms with Gasteiger partial charge in [-0.25, -0.2) is 4.98 Å². The van der Waals surface area contributed by atoms with E-state index in [-0.39, 0.29) is 15.7 Å². The number of para-hydroxylation sites is 1. The molecule has 0 aliphatic carbocycles. The van der Waals surface area contributed by atoms with Crippen LogP contribution in [0.4, 0.5) is 0 Å². The number of nitrogens with zero attached hydrogens (tertiary/aromatic N) is 1. The number of pyridine rings is 1. The van der Waals surface area contributed by atoms with E-state index in [2.05, 4.69) is 4.98 Å². The summed E-state index contributed by atoms with van der Waals surface area (Å²) >= 11 is 11.7. The molecular weight excluding hydrogens is 275 g/mol. The van der Waals surface area contributed by atoms with Gasteiger partial charge in [0.15, 0.2) is 0 Å². The summed E-state index contributed by atoms with van der Waals surface area (Å²) in [5.41, 5.74) is 0.145. The molecule has 2 rings (SSSR count). The molecule has 0 aliphatic rings. The summed E-state index contributed by atoms with van der Waals surface area (Å²) in [6, 6.07) is 6.88. The van der Waals surface area contributed by atoms with Crippen molar-refractivity contribution < 1.29 is 15.2 Å². The number of benzene rings is 1. The highest BCUT2D eigenvalue weighted by Gasteiger charge is 2.11. The van der Waals surface area contributed by atoms with Crippen LogP contribution >= 0.6 is 23.2 Å². The van der Waals surface area contributed by atoms with E-state index in [0.717, 1.165) is 0 Å². The van der Waals surface area contributed by atoms with Crippen LogP contribution in [0.1, 0.15) is 10.5 Å². The molecule has 0 radical (unpaired) electrons. The minimum absolute atomic E-state index is 0.0876. The van der Waals surface area contributed by atoms with Crippen LogP contribution in [0, 0.1) is 0 Å². The standard InChI is InChI=1S/C10H5Cl2NO2.C2H7N/c11-7-5-3-1-2-4-6(5)13-9(8(7)12)10(14)15;1-3-2/h1-4H,(H,14,15);3H,1-2H3. The highest BCUT2D eigenvalue weighted by molar-refractivity contribution is 6.46. The number of carbonyl (C=O) groups excluding carboxylic acids is 1. The zero-order valence-electron chi connectivity index (χ0n) is 9.91. The summed E-state index contributed by atoms with van der Waals surface area (Å²) < 4.78 is 0. The average Bonchev–Trinajstić information content (AvgIpc) is 2.34. The zero-order chi connectivity index (χ0) is 13.7. The number of hydrogen-bond acceptors (Lipinski definition) is 3. The Bertz CT molecular complexity index is 573. The van der Waals surface area contributed by atoms with E-state index in [1.54, 1.807) is 24.3 Å². The minimum atomic E-state index is -1.44. The zero-order valence-corrected chi connectivity index (χ0v) is 11.4. The highest BCUT2D eigenvalue weighted by atomic mass is 35.5. The molecule has 2 aromatic rings. The van der Waals surface area contributed by atoms with Crippen molar-refractivity contribution in [3.05, 3.63) is 40.0 Å². The van der Waals surface area contributed by atoms with Gasteiger partial charge in [-0.05, 0) is 6.07 Å². The first-order chi connectivity index (χ1) is 8.52. The normalized spacial score (nSPS) is 9.78. The van der Waals surface area contributed by atoms with E-state index in [1.807, 2.05) is 19.4 Å². The Morgan fingerprint density at radius 3 is 2.33 bits per heavy atom. The molecule has 1 heterocycles. The Morgan fingerprint density at radius 1 is 1.22 bits per heavy atom. The van der Waals surface area contributed by atoms with Gasteiger partial charge in [0, 0.05) is 5.39 Å². The molecule has 1 aromatic carbocycles. The SMILES string of the molecule is C[NH2+]C.O=C([O-])c1nc2ccccc2c(Cl)c1Cl. The maximum absolute atomic E-state index is 10.7. The Balaban J connectivity index is 0.000000492. The molecule has 0 bridgehead atoms. The predicted molar refractivity (Wildman–Crippen MR) is 69.9 cm³/mol. The first-order valence-electron chi connectivity index (χ1n) is 5.22. The summed E-state index contributed by atoms with van der Waals surface area (Å²) in [6.07, 6.45) is 0. The number of halogens is 2. The number of hydrogen-bond donors (Lipinski definition) is 1. The molecule has 0 spiro atoms. The van der Waals surface area contributed by atoms with E-state index in [1.165, 1.54) is 0 Å². The van der Waals surface area contributed by atoms with Gasteiger partial charge in [-0.15, -0.1) is 0 Å². The summed E-state index contributed by atoms with van der Waals surface area (Å²) in [6.45, 7) is 0. The Morgan fingerprint density at radius 2 is 1.78 bits per heavy atom. The molecule has 0 saturated heterocycles. The largest absolute Gasteiger partial charge is 0.543 e. The van der Waals surface area contributed by atoms with Crippen molar-refractivity contribution in [1.29, 1.82) is 0 Å². The van der Waals surface area contributed by atoms with Crippen LogP contribution in [0.15, 0.2) is 24.3 Å². The molecule has 0 unspecified atom stereocenters. The highest BCUT2D eigenvalue weighted by Crippen LogP contribution is 2.31. The van der Waals surface area contributed by atoms with Crippen LogP contribution < -0.4 is 10.4 Å². The number of carboxylic acids is 1. The number of rotatable bonds is 1. The van der Waals surface area contributed by atoms with Crippen LogP contribution in [0.2, 0.25) is 10.0 Å². The number of fused-ring (bicyclic) bond motifs is 1. The number of aromatic carboxylic acids is 1. The topological polar surface area (TPSA) is 69.6 Å². The molecule has 0 atom stereocenters. The fourth-order valence-electron chi connectivity index (χ4n) is 1.28. The summed E-state index contributed by atoms with van der Waals surface area (Å²) in [5, 5.41) is 13.4. The van der Waals surface area contributed by atoms with Crippen LogP contribution in [0.25, 0.3) is 10.9 Å². The first-order valence-corrected chi connectivity index (χ1v) is 5.97. The maximum Gasteiger partial charge on any atom is 0.107 e. The fourth-order valence-corrected chi connectivity index (χ4v) is 1.75. The Kier molecular flexibility index (Phi) is 5.34. The minimum Gasteiger partial charge on any atom is -0.543 e. The van der Waals surface area contributed by atoms with E-state index < -0.39 is 5.97 Å². The average molecular weight is 287 g/mol. The van der Waals surface area contributed by atoms with Crippen molar-refractivity contribution in [2.24, 2.45) is 0 Å². The van der Waals surface area contributed by atoms with Gasteiger partial charge in [0.1, 0.15) is 5.69 Å². The number of quaternary nitrogens is 1. The van der Waals surface area contributed by atoms with E-state index >= 15 is 0 Å². The Labute approximate surface area is 115 Å². The molecule has 2 N–H and O–H groups in total. The molecule has 0 aliphatic heterocycles. The van der Waals surface area contributed by atoms with Gasteiger partial charge in [-0.1, -0.05) is 41.4 Å². The molecule has 0 amide bonds. The van der Waals surface area contributed by atoms with E-state index in [0.29, 0.717) is 10.9 Å². The number of carboxylic acid groups (broad SMARTS) is 1. The number of aromatic nitrogens is 1. The second kappa shape index (κ2) is 6.54. The molecule has 0 saturated carbocycles. The van der Waals surface area contributed by atoms with Gasteiger partial charge in [-0.2, -0.15) is 0 Å². The summed E-state index contributed by atoms with van der Waals surface area (Å²) in [7, 11) is 4.00.